The third kappa shape index (κ3) is 2.61. The molecule has 1 fully saturated rings. The van der Waals surface area contributed by atoms with Crippen LogP contribution in [0.15, 0.2) is 24.3 Å². The predicted molar refractivity (Wildman–Crippen MR) is 76.9 cm³/mol. The number of rotatable bonds is 5. The van der Waals surface area contributed by atoms with E-state index in [0.717, 1.165) is 11.8 Å². The maximum Gasteiger partial charge on any atom is 0.0133 e. The van der Waals surface area contributed by atoms with E-state index in [1.807, 2.05) is 0 Å². The molecular formula is C17H25N. The summed E-state index contributed by atoms with van der Waals surface area (Å²) in [6.07, 6.45) is 9.78. The minimum absolute atomic E-state index is 0.687. The third-order valence-electron chi connectivity index (χ3n) is 4.86. The Hall–Kier alpha value is -0.820. The van der Waals surface area contributed by atoms with E-state index in [1.165, 1.54) is 44.9 Å². The Morgan fingerprint density at radius 3 is 2.83 bits per heavy atom. The summed E-state index contributed by atoms with van der Waals surface area (Å²) >= 11 is 0. The highest BCUT2D eigenvalue weighted by Gasteiger charge is 2.29. The Balaban J connectivity index is 1.73. The van der Waals surface area contributed by atoms with Gasteiger partial charge in [-0.1, -0.05) is 37.1 Å². The standard InChI is InChI=1S/C17H25N/c1-18-17(12-11-13-9-10-13)16-8-4-6-14-5-2-3-7-15(14)16/h2-3,5,7,13,16-18H,4,6,8-12H2,1H3. The fraction of sp³-hybridized carbons (Fsp3) is 0.647. The number of hydrogen-bond donors (Lipinski definition) is 1. The van der Waals surface area contributed by atoms with Crippen molar-refractivity contribution in [2.75, 3.05) is 7.05 Å². The van der Waals surface area contributed by atoms with Gasteiger partial charge in [0.1, 0.15) is 0 Å². The van der Waals surface area contributed by atoms with Crippen LogP contribution in [-0.4, -0.2) is 13.1 Å². The number of fused-ring (bicyclic) bond motifs is 1. The summed E-state index contributed by atoms with van der Waals surface area (Å²) in [5, 5.41) is 3.60. The molecule has 0 saturated heterocycles. The number of benzene rings is 1. The summed E-state index contributed by atoms with van der Waals surface area (Å²) in [5.74, 6) is 1.80. The number of likely N-dealkylation sites (N-methyl/N-ethyl adjacent to an activating group) is 1. The highest BCUT2D eigenvalue weighted by atomic mass is 14.9. The molecule has 0 aromatic heterocycles. The molecule has 2 aliphatic carbocycles. The normalized spacial score (nSPS) is 24.6. The van der Waals surface area contributed by atoms with Crippen molar-refractivity contribution in [3.05, 3.63) is 35.4 Å². The second kappa shape index (κ2) is 5.44. The van der Waals surface area contributed by atoms with Gasteiger partial charge in [0, 0.05) is 6.04 Å². The highest BCUT2D eigenvalue weighted by molar-refractivity contribution is 5.33. The summed E-state index contributed by atoms with van der Waals surface area (Å²) in [6, 6.07) is 9.78. The molecule has 2 aliphatic rings. The summed E-state index contributed by atoms with van der Waals surface area (Å²) in [4.78, 5) is 0. The number of hydrogen-bond acceptors (Lipinski definition) is 1. The lowest BCUT2D eigenvalue weighted by atomic mass is 9.77. The van der Waals surface area contributed by atoms with Crippen molar-refractivity contribution >= 4 is 0 Å². The Morgan fingerprint density at radius 1 is 1.22 bits per heavy atom. The van der Waals surface area contributed by atoms with Gasteiger partial charge < -0.3 is 5.32 Å². The molecule has 0 spiro atoms. The second-order valence-electron chi connectivity index (χ2n) is 6.11. The Labute approximate surface area is 111 Å². The van der Waals surface area contributed by atoms with Gasteiger partial charge in [-0.3, -0.25) is 0 Å². The first-order valence-electron chi connectivity index (χ1n) is 7.63. The average molecular weight is 243 g/mol. The van der Waals surface area contributed by atoms with Gasteiger partial charge in [-0.25, -0.2) is 0 Å². The molecular weight excluding hydrogens is 218 g/mol. The van der Waals surface area contributed by atoms with Crippen LogP contribution in [0.3, 0.4) is 0 Å². The molecule has 1 N–H and O–H groups in total. The van der Waals surface area contributed by atoms with Gasteiger partial charge in [-0.2, -0.15) is 0 Å². The summed E-state index contributed by atoms with van der Waals surface area (Å²) < 4.78 is 0. The molecule has 0 aliphatic heterocycles. The molecule has 2 atom stereocenters. The van der Waals surface area contributed by atoms with Crippen molar-refractivity contribution in [2.45, 2.75) is 56.9 Å². The van der Waals surface area contributed by atoms with E-state index in [2.05, 4.69) is 36.6 Å². The first kappa shape index (κ1) is 12.2. The van der Waals surface area contributed by atoms with Crippen molar-refractivity contribution in [1.29, 1.82) is 0 Å². The third-order valence-corrected chi connectivity index (χ3v) is 4.86. The summed E-state index contributed by atoms with van der Waals surface area (Å²) in [6.45, 7) is 0. The molecule has 18 heavy (non-hydrogen) atoms. The number of aryl methyl sites for hydroxylation is 1. The Bertz CT molecular complexity index is 394. The van der Waals surface area contributed by atoms with E-state index in [1.54, 1.807) is 11.1 Å². The van der Waals surface area contributed by atoms with Gasteiger partial charge in [0.05, 0.1) is 0 Å². The van der Waals surface area contributed by atoms with E-state index in [4.69, 9.17) is 0 Å². The van der Waals surface area contributed by atoms with E-state index in [9.17, 15) is 0 Å². The largest absolute Gasteiger partial charge is 0.316 e. The molecule has 0 radical (unpaired) electrons. The van der Waals surface area contributed by atoms with Gasteiger partial charge in [-0.15, -0.1) is 0 Å². The van der Waals surface area contributed by atoms with Crippen molar-refractivity contribution in [2.24, 2.45) is 5.92 Å². The zero-order valence-electron chi connectivity index (χ0n) is 11.5. The average Bonchev–Trinajstić information content (AvgIpc) is 3.24. The first-order chi connectivity index (χ1) is 8.88. The van der Waals surface area contributed by atoms with E-state index in [0.29, 0.717) is 6.04 Å². The van der Waals surface area contributed by atoms with Gasteiger partial charge >= 0.3 is 0 Å². The molecule has 0 amide bonds. The molecule has 98 valence electrons. The van der Waals surface area contributed by atoms with Crippen LogP contribution >= 0.6 is 0 Å². The van der Waals surface area contributed by atoms with Gasteiger partial charge in [0.2, 0.25) is 0 Å². The molecule has 1 saturated carbocycles. The van der Waals surface area contributed by atoms with E-state index in [-0.39, 0.29) is 0 Å². The summed E-state index contributed by atoms with van der Waals surface area (Å²) in [7, 11) is 2.15. The van der Waals surface area contributed by atoms with Crippen molar-refractivity contribution in [1.82, 2.24) is 5.32 Å². The first-order valence-corrected chi connectivity index (χ1v) is 7.63. The van der Waals surface area contributed by atoms with Crippen molar-refractivity contribution < 1.29 is 0 Å². The van der Waals surface area contributed by atoms with Gasteiger partial charge in [-0.05, 0) is 62.1 Å². The molecule has 2 unspecified atom stereocenters. The molecule has 1 heteroatoms. The quantitative estimate of drug-likeness (QED) is 0.827. The molecule has 1 aromatic carbocycles. The molecule has 1 nitrogen and oxygen atoms in total. The zero-order chi connectivity index (χ0) is 12.4. The van der Waals surface area contributed by atoms with Crippen LogP contribution < -0.4 is 5.32 Å². The molecule has 0 bridgehead atoms. The van der Waals surface area contributed by atoms with Crippen LogP contribution in [0, 0.1) is 5.92 Å². The maximum atomic E-state index is 3.60. The van der Waals surface area contributed by atoms with Crippen LogP contribution in [0.2, 0.25) is 0 Å². The zero-order valence-corrected chi connectivity index (χ0v) is 11.5. The van der Waals surface area contributed by atoms with Crippen molar-refractivity contribution in [3.8, 4) is 0 Å². The van der Waals surface area contributed by atoms with Crippen LogP contribution in [-0.2, 0) is 6.42 Å². The van der Waals surface area contributed by atoms with E-state index < -0.39 is 0 Å². The Kier molecular flexibility index (Phi) is 3.69. The molecule has 0 heterocycles. The van der Waals surface area contributed by atoms with Crippen LogP contribution in [0.4, 0.5) is 0 Å². The molecule has 1 aromatic rings. The lowest BCUT2D eigenvalue weighted by molar-refractivity contribution is 0.379. The summed E-state index contributed by atoms with van der Waals surface area (Å²) in [5.41, 5.74) is 3.22. The van der Waals surface area contributed by atoms with Gasteiger partial charge in [0.15, 0.2) is 0 Å². The lowest BCUT2D eigenvalue weighted by Crippen LogP contribution is -2.34. The number of nitrogens with one attached hydrogen (secondary N) is 1. The maximum absolute atomic E-state index is 3.60. The topological polar surface area (TPSA) is 12.0 Å². The SMILES string of the molecule is CNC(CCC1CC1)C1CCCc2ccccc21. The van der Waals surface area contributed by atoms with Crippen LogP contribution in [0.1, 0.15) is 55.6 Å². The predicted octanol–water partition coefficient (Wildman–Crippen LogP) is 3.88. The second-order valence-corrected chi connectivity index (χ2v) is 6.11. The minimum Gasteiger partial charge on any atom is -0.316 e. The van der Waals surface area contributed by atoms with E-state index >= 15 is 0 Å². The lowest BCUT2D eigenvalue weighted by Gasteiger charge is -2.32. The fourth-order valence-corrected chi connectivity index (χ4v) is 3.58. The van der Waals surface area contributed by atoms with Crippen LogP contribution in [0.25, 0.3) is 0 Å². The van der Waals surface area contributed by atoms with Gasteiger partial charge in [0.25, 0.3) is 0 Å². The van der Waals surface area contributed by atoms with Crippen molar-refractivity contribution in [3.63, 3.8) is 0 Å². The smallest absolute Gasteiger partial charge is 0.0133 e. The minimum atomic E-state index is 0.687. The highest BCUT2D eigenvalue weighted by Crippen LogP contribution is 2.38. The Morgan fingerprint density at radius 2 is 2.06 bits per heavy atom. The molecule has 3 rings (SSSR count). The van der Waals surface area contributed by atoms with Crippen LogP contribution in [0.5, 0.6) is 0 Å². The monoisotopic (exact) mass is 243 g/mol. The fourth-order valence-electron chi connectivity index (χ4n) is 3.58.